The van der Waals surface area contributed by atoms with Gasteiger partial charge in [-0.2, -0.15) is 0 Å². The Kier molecular flexibility index (Phi) is 5.56. The first-order valence-electron chi connectivity index (χ1n) is 8.57. The number of likely N-dealkylation sites (tertiary alicyclic amines) is 1. The Balaban J connectivity index is 2.12. The van der Waals surface area contributed by atoms with Crippen molar-refractivity contribution in [2.75, 3.05) is 19.7 Å². The number of amides is 1. The van der Waals surface area contributed by atoms with Crippen LogP contribution in [0.25, 0.3) is 0 Å². The van der Waals surface area contributed by atoms with E-state index in [2.05, 4.69) is 0 Å². The van der Waals surface area contributed by atoms with Crippen LogP contribution in [-0.2, 0) is 10.3 Å². The van der Waals surface area contributed by atoms with E-state index in [0.717, 1.165) is 11.1 Å². The molecule has 24 heavy (non-hydrogen) atoms. The number of piperidine rings is 1. The lowest BCUT2D eigenvalue weighted by molar-refractivity contribution is -0.0363. The molecule has 1 amide bonds. The Morgan fingerprint density at radius 2 is 1.88 bits per heavy atom. The SMILES string of the molecule is CC(CO)c1ccccc1C1(O)CCN(C(=O)OC(C)(C)C)CC1. The van der Waals surface area contributed by atoms with Gasteiger partial charge in [0.2, 0.25) is 0 Å². The molecule has 0 radical (unpaired) electrons. The van der Waals surface area contributed by atoms with E-state index in [-0.39, 0.29) is 18.6 Å². The summed E-state index contributed by atoms with van der Waals surface area (Å²) in [5, 5.41) is 20.6. The summed E-state index contributed by atoms with van der Waals surface area (Å²) in [6, 6.07) is 7.70. The van der Waals surface area contributed by atoms with Crippen molar-refractivity contribution in [2.24, 2.45) is 0 Å². The number of nitrogens with zero attached hydrogens (tertiary/aromatic N) is 1. The van der Waals surface area contributed by atoms with E-state index >= 15 is 0 Å². The third-order valence-electron chi connectivity index (χ3n) is 4.51. The van der Waals surface area contributed by atoms with Gasteiger partial charge >= 0.3 is 6.09 Å². The summed E-state index contributed by atoms with van der Waals surface area (Å²) in [6.07, 6.45) is 0.588. The third kappa shape index (κ3) is 4.28. The average molecular weight is 335 g/mol. The zero-order chi connectivity index (χ0) is 18.0. The Morgan fingerprint density at radius 3 is 2.42 bits per heavy atom. The maximum Gasteiger partial charge on any atom is 0.410 e. The molecule has 1 aliphatic rings. The predicted molar refractivity (Wildman–Crippen MR) is 92.9 cm³/mol. The van der Waals surface area contributed by atoms with E-state index in [4.69, 9.17) is 4.74 Å². The Hall–Kier alpha value is -1.59. The van der Waals surface area contributed by atoms with Crippen molar-refractivity contribution in [3.8, 4) is 0 Å². The van der Waals surface area contributed by atoms with Gasteiger partial charge in [-0.1, -0.05) is 31.2 Å². The van der Waals surface area contributed by atoms with Crippen LogP contribution < -0.4 is 0 Å². The van der Waals surface area contributed by atoms with Gasteiger partial charge in [-0.05, 0) is 44.7 Å². The van der Waals surface area contributed by atoms with Gasteiger partial charge in [-0.3, -0.25) is 0 Å². The van der Waals surface area contributed by atoms with E-state index in [1.54, 1.807) is 4.90 Å². The topological polar surface area (TPSA) is 70.0 Å². The van der Waals surface area contributed by atoms with E-state index in [1.165, 1.54) is 0 Å². The van der Waals surface area contributed by atoms with Crippen molar-refractivity contribution in [1.82, 2.24) is 4.90 Å². The highest BCUT2D eigenvalue weighted by atomic mass is 16.6. The molecule has 5 nitrogen and oxygen atoms in total. The summed E-state index contributed by atoms with van der Waals surface area (Å²) in [5.74, 6) is -0.0332. The van der Waals surface area contributed by atoms with E-state index < -0.39 is 11.2 Å². The minimum atomic E-state index is -0.974. The highest BCUT2D eigenvalue weighted by Crippen LogP contribution is 2.37. The number of rotatable bonds is 3. The molecule has 1 aromatic carbocycles. The molecule has 0 aromatic heterocycles. The van der Waals surface area contributed by atoms with Crippen molar-refractivity contribution in [3.63, 3.8) is 0 Å². The maximum atomic E-state index is 12.2. The summed E-state index contributed by atoms with van der Waals surface area (Å²) in [7, 11) is 0. The van der Waals surface area contributed by atoms with Gasteiger partial charge in [0.05, 0.1) is 5.60 Å². The number of hydrogen-bond donors (Lipinski definition) is 2. The number of aliphatic hydroxyl groups excluding tert-OH is 1. The molecule has 0 spiro atoms. The zero-order valence-electron chi connectivity index (χ0n) is 15.1. The molecule has 1 unspecified atom stereocenters. The fourth-order valence-corrected chi connectivity index (χ4v) is 3.10. The number of ether oxygens (including phenoxy) is 1. The molecule has 1 saturated heterocycles. The maximum absolute atomic E-state index is 12.2. The average Bonchev–Trinajstić information content (AvgIpc) is 2.53. The van der Waals surface area contributed by atoms with E-state index in [0.29, 0.717) is 25.9 Å². The number of hydrogen-bond acceptors (Lipinski definition) is 4. The first kappa shape index (κ1) is 18.7. The molecule has 1 fully saturated rings. The molecule has 0 saturated carbocycles. The Morgan fingerprint density at radius 1 is 1.29 bits per heavy atom. The molecule has 134 valence electrons. The van der Waals surface area contributed by atoms with Gasteiger partial charge in [0.25, 0.3) is 0 Å². The lowest BCUT2D eigenvalue weighted by atomic mass is 9.79. The van der Waals surface area contributed by atoms with Crippen molar-refractivity contribution in [3.05, 3.63) is 35.4 Å². The number of carbonyl (C=O) groups is 1. The molecule has 2 N–H and O–H groups in total. The Labute approximate surface area is 144 Å². The number of carbonyl (C=O) groups excluding carboxylic acids is 1. The molecule has 1 heterocycles. The second-order valence-electron chi connectivity index (χ2n) is 7.67. The van der Waals surface area contributed by atoms with Crippen LogP contribution in [0.3, 0.4) is 0 Å². The summed E-state index contributed by atoms with van der Waals surface area (Å²) in [4.78, 5) is 13.8. The third-order valence-corrected chi connectivity index (χ3v) is 4.51. The monoisotopic (exact) mass is 335 g/mol. The first-order chi connectivity index (χ1) is 11.2. The van der Waals surface area contributed by atoms with Crippen molar-refractivity contribution in [2.45, 2.75) is 57.7 Å². The second-order valence-corrected chi connectivity index (χ2v) is 7.67. The summed E-state index contributed by atoms with van der Waals surface area (Å²) >= 11 is 0. The van der Waals surface area contributed by atoms with Crippen LogP contribution in [0.5, 0.6) is 0 Å². The van der Waals surface area contributed by atoms with Crippen molar-refractivity contribution in [1.29, 1.82) is 0 Å². The van der Waals surface area contributed by atoms with Crippen LogP contribution in [-0.4, -0.2) is 46.5 Å². The van der Waals surface area contributed by atoms with Gasteiger partial charge in [0.1, 0.15) is 5.60 Å². The van der Waals surface area contributed by atoms with Crippen LogP contribution in [0.1, 0.15) is 57.6 Å². The number of aliphatic hydroxyl groups is 2. The lowest BCUT2D eigenvalue weighted by Gasteiger charge is -2.40. The van der Waals surface area contributed by atoms with Gasteiger partial charge in [-0.15, -0.1) is 0 Å². The molecule has 2 rings (SSSR count). The van der Waals surface area contributed by atoms with Crippen LogP contribution in [0.2, 0.25) is 0 Å². The summed E-state index contributed by atoms with van der Waals surface area (Å²) < 4.78 is 5.40. The minimum Gasteiger partial charge on any atom is -0.444 e. The molecule has 0 aliphatic carbocycles. The van der Waals surface area contributed by atoms with Crippen LogP contribution >= 0.6 is 0 Å². The van der Waals surface area contributed by atoms with Gasteiger partial charge in [0.15, 0.2) is 0 Å². The van der Waals surface area contributed by atoms with Crippen LogP contribution in [0, 0.1) is 0 Å². The molecule has 1 aromatic rings. The van der Waals surface area contributed by atoms with Gasteiger partial charge in [0, 0.05) is 25.6 Å². The zero-order valence-corrected chi connectivity index (χ0v) is 15.1. The molecular weight excluding hydrogens is 306 g/mol. The van der Waals surface area contributed by atoms with Gasteiger partial charge < -0.3 is 19.8 Å². The standard InChI is InChI=1S/C19H29NO4/c1-14(13-21)15-7-5-6-8-16(15)19(23)9-11-20(12-10-19)17(22)24-18(2,3)4/h5-8,14,21,23H,9-13H2,1-4H3. The lowest BCUT2D eigenvalue weighted by Crippen LogP contribution is -2.47. The summed E-state index contributed by atoms with van der Waals surface area (Å²) in [5.41, 5.74) is 0.329. The van der Waals surface area contributed by atoms with Crippen LogP contribution in [0.4, 0.5) is 4.79 Å². The van der Waals surface area contributed by atoms with E-state index in [9.17, 15) is 15.0 Å². The molecule has 1 atom stereocenters. The molecule has 0 bridgehead atoms. The fourth-order valence-electron chi connectivity index (χ4n) is 3.10. The molecule has 5 heteroatoms. The van der Waals surface area contributed by atoms with Crippen molar-refractivity contribution >= 4 is 6.09 Å². The van der Waals surface area contributed by atoms with Gasteiger partial charge in [-0.25, -0.2) is 4.79 Å². The number of benzene rings is 1. The summed E-state index contributed by atoms with van der Waals surface area (Å²) in [6.45, 7) is 8.42. The molecule has 1 aliphatic heterocycles. The van der Waals surface area contributed by atoms with Crippen LogP contribution in [0.15, 0.2) is 24.3 Å². The van der Waals surface area contributed by atoms with Crippen molar-refractivity contribution < 1.29 is 19.7 Å². The Bertz CT molecular complexity index is 571. The molecular formula is C19H29NO4. The first-order valence-corrected chi connectivity index (χ1v) is 8.57. The second kappa shape index (κ2) is 7.11. The highest BCUT2D eigenvalue weighted by molar-refractivity contribution is 5.68. The normalized spacial score (nSPS) is 19.0. The smallest absolute Gasteiger partial charge is 0.410 e. The minimum absolute atomic E-state index is 0.0332. The quantitative estimate of drug-likeness (QED) is 0.891. The predicted octanol–water partition coefficient (Wildman–Crippen LogP) is 3.00. The van der Waals surface area contributed by atoms with E-state index in [1.807, 2.05) is 52.0 Å². The largest absolute Gasteiger partial charge is 0.444 e. The fraction of sp³-hybridized carbons (Fsp3) is 0.632. The highest BCUT2D eigenvalue weighted by Gasteiger charge is 2.38.